The molecule has 112 valence electrons. The van der Waals surface area contributed by atoms with E-state index in [1.54, 1.807) is 4.90 Å². The highest BCUT2D eigenvalue weighted by Gasteiger charge is 2.29. The average molecular weight is 280 g/mol. The van der Waals surface area contributed by atoms with Crippen LogP contribution in [0.5, 0.6) is 0 Å². The topological polar surface area (TPSA) is 66.6 Å². The van der Waals surface area contributed by atoms with E-state index in [0.717, 1.165) is 30.0 Å². The molecule has 0 spiro atoms. The number of amides is 1. The number of hydrogen-bond donors (Lipinski definition) is 1. The molecule has 5 nitrogen and oxygen atoms in total. The van der Waals surface area contributed by atoms with Crippen molar-refractivity contribution < 1.29 is 14.4 Å². The van der Waals surface area contributed by atoms with Gasteiger partial charge in [-0.3, -0.25) is 4.79 Å². The van der Waals surface area contributed by atoms with Crippen LogP contribution in [0.3, 0.4) is 0 Å². The first kappa shape index (κ1) is 15.0. The van der Waals surface area contributed by atoms with Crippen LogP contribution in [0.25, 0.3) is 0 Å². The minimum atomic E-state index is -0.401. The van der Waals surface area contributed by atoms with Crippen molar-refractivity contribution in [3.05, 3.63) is 17.0 Å². The summed E-state index contributed by atoms with van der Waals surface area (Å²) < 4.78 is 5.16. The van der Waals surface area contributed by atoms with E-state index < -0.39 is 6.10 Å². The molecule has 5 heteroatoms. The van der Waals surface area contributed by atoms with Gasteiger partial charge in [0.05, 0.1) is 11.8 Å². The fraction of sp³-hybridized carbons (Fsp3) is 0.733. The molecule has 1 aliphatic rings. The third kappa shape index (κ3) is 3.03. The molecule has 0 aliphatic carbocycles. The smallest absolute Gasteiger partial charge is 0.223 e. The molecular formula is C15H24N2O3. The Morgan fingerprint density at radius 1 is 1.55 bits per heavy atom. The molecule has 1 amide bonds. The van der Waals surface area contributed by atoms with Crippen LogP contribution in [-0.2, 0) is 4.79 Å². The maximum atomic E-state index is 12.3. The van der Waals surface area contributed by atoms with E-state index in [4.69, 9.17) is 4.52 Å². The molecule has 1 aliphatic heterocycles. The SMILES string of the molecule is Cc1noc(C)c1C(C)CC(=O)N1CCC(C)C(O)C1. The zero-order valence-corrected chi connectivity index (χ0v) is 12.7. The predicted molar refractivity (Wildman–Crippen MR) is 75.4 cm³/mol. The number of piperidine rings is 1. The summed E-state index contributed by atoms with van der Waals surface area (Å²) in [7, 11) is 0. The number of carbonyl (C=O) groups excluding carboxylic acids is 1. The predicted octanol–water partition coefficient (Wildman–Crippen LogP) is 2.01. The van der Waals surface area contributed by atoms with Crippen LogP contribution >= 0.6 is 0 Å². The van der Waals surface area contributed by atoms with Crippen LogP contribution < -0.4 is 0 Å². The molecule has 0 saturated carbocycles. The molecule has 0 radical (unpaired) electrons. The normalized spacial score (nSPS) is 24.8. The largest absolute Gasteiger partial charge is 0.391 e. The molecule has 0 bridgehead atoms. The minimum absolute atomic E-state index is 0.0882. The number of aliphatic hydroxyl groups excluding tert-OH is 1. The van der Waals surface area contributed by atoms with Crippen molar-refractivity contribution in [2.75, 3.05) is 13.1 Å². The first-order chi connectivity index (χ1) is 9.40. The molecule has 1 fully saturated rings. The quantitative estimate of drug-likeness (QED) is 0.919. The van der Waals surface area contributed by atoms with Crippen LogP contribution in [0, 0.1) is 19.8 Å². The fourth-order valence-electron chi connectivity index (χ4n) is 2.96. The van der Waals surface area contributed by atoms with E-state index in [-0.39, 0.29) is 17.7 Å². The molecule has 3 unspecified atom stereocenters. The average Bonchev–Trinajstić information content (AvgIpc) is 2.72. The lowest BCUT2D eigenvalue weighted by molar-refractivity contribution is -0.135. The molecule has 20 heavy (non-hydrogen) atoms. The summed E-state index contributed by atoms with van der Waals surface area (Å²) >= 11 is 0. The third-order valence-electron chi connectivity index (χ3n) is 4.33. The summed E-state index contributed by atoms with van der Waals surface area (Å²) in [6.45, 7) is 9.02. The van der Waals surface area contributed by atoms with Crippen LogP contribution in [0.4, 0.5) is 0 Å². The van der Waals surface area contributed by atoms with Crippen LogP contribution in [0.15, 0.2) is 4.52 Å². The highest BCUT2D eigenvalue weighted by Crippen LogP contribution is 2.27. The monoisotopic (exact) mass is 280 g/mol. The summed E-state index contributed by atoms with van der Waals surface area (Å²) in [5.41, 5.74) is 1.89. The van der Waals surface area contributed by atoms with Crippen molar-refractivity contribution in [1.82, 2.24) is 10.1 Å². The van der Waals surface area contributed by atoms with Crippen molar-refractivity contribution in [2.45, 2.75) is 52.6 Å². The lowest BCUT2D eigenvalue weighted by Gasteiger charge is -2.34. The number of aliphatic hydroxyl groups is 1. The maximum Gasteiger partial charge on any atom is 0.223 e. The molecule has 3 atom stereocenters. The third-order valence-corrected chi connectivity index (χ3v) is 4.33. The van der Waals surface area contributed by atoms with Gasteiger partial charge >= 0.3 is 0 Å². The molecular weight excluding hydrogens is 256 g/mol. The Balaban J connectivity index is 1.98. The zero-order valence-electron chi connectivity index (χ0n) is 12.7. The first-order valence-electron chi connectivity index (χ1n) is 7.28. The van der Waals surface area contributed by atoms with Crippen molar-refractivity contribution in [2.24, 2.45) is 5.92 Å². The maximum absolute atomic E-state index is 12.3. The van der Waals surface area contributed by atoms with Gasteiger partial charge in [-0.15, -0.1) is 0 Å². The second-order valence-electron chi connectivity index (χ2n) is 6.02. The van der Waals surface area contributed by atoms with Crippen LogP contribution in [-0.4, -0.2) is 40.3 Å². The Kier molecular flexibility index (Phi) is 4.48. The number of carbonyl (C=O) groups is 1. The molecule has 1 aromatic rings. The fourth-order valence-corrected chi connectivity index (χ4v) is 2.96. The van der Waals surface area contributed by atoms with E-state index in [1.165, 1.54) is 0 Å². The second-order valence-corrected chi connectivity index (χ2v) is 6.02. The Morgan fingerprint density at radius 3 is 2.80 bits per heavy atom. The second kappa shape index (κ2) is 5.95. The number of β-amino-alcohol motifs (C(OH)–C–C–N with tert-alkyl or cyclic N) is 1. The van der Waals surface area contributed by atoms with E-state index >= 15 is 0 Å². The Hall–Kier alpha value is -1.36. The van der Waals surface area contributed by atoms with E-state index in [0.29, 0.717) is 13.0 Å². The lowest BCUT2D eigenvalue weighted by Crippen LogP contribution is -2.46. The Labute approximate surface area is 119 Å². The van der Waals surface area contributed by atoms with Crippen LogP contribution in [0.2, 0.25) is 0 Å². The number of rotatable bonds is 3. The lowest BCUT2D eigenvalue weighted by atomic mass is 9.93. The summed E-state index contributed by atoms with van der Waals surface area (Å²) in [6, 6.07) is 0. The highest BCUT2D eigenvalue weighted by molar-refractivity contribution is 5.77. The van der Waals surface area contributed by atoms with Gasteiger partial charge in [-0.05, 0) is 32.1 Å². The van der Waals surface area contributed by atoms with Gasteiger partial charge in [-0.25, -0.2) is 0 Å². The van der Waals surface area contributed by atoms with Gasteiger partial charge in [-0.1, -0.05) is 19.0 Å². The zero-order chi connectivity index (χ0) is 14.9. The van der Waals surface area contributed by atoms with Crippen LogP contribution in [0.1, 0.15) is 49.6 Å². The van der Waals surface area contributed by atoms with E-state index in [9.17, 15) is 9.90 Å². The molecule has 1 N–H and O–H groups in total. The number of hydrogen-bond acceptors (Lipinski definition) is 4. The van der Waals surface area contributed by atoms with Crippen molar-refractivity contribution in [3.63, 3.8) is 0 Å². The van der Waals surface area contributed by atoms with E-state index in [1.807, 2.05) is 27.7 Å². The number of aryl methyl sites for hydroxylation is 2. The van der Waals surface area contributed by atoms with Gasteiger partial charge < -0.3 is 14.5 Å². The summed E-state index contributed by atoms with van der Waals surface area (Å²) in [5.74, 6) is 1.25. The summed E-state index contributed by atoms with van der Waals surface area (Å²) in [5, 5.41) is 13.8. The van der Waals surface area contributed by atoms with Gasteiger partial charge in [0.25, 0.3) is 0 Å². The van der Waals surface area contributed by atoms with Gasteiger partial charge in [0, 0.05) is 25.1 Å². The molecule has 2 heterocycles. The molecule has 0 aromatic carbocycles. The number of likely N-dealkylation sites (tertiary alicyclic amines) is 1. The number of aromatic nitrogens is 1. The molecule has 2 rings (SSSR count). The Morgan fingerprint density at radius 2 is 2.25 bits per heavy atom. The van der Waals surface area contributed by atoms with Crippen molar-refractivity contribution >= 4 is 5.91 Å². The van der Waals surface area contributed by atoms with Gasteiger partial charge in [0.1, 0.15) is 5.76 Å². The summed E-state index contributed by atoms with van der Waals surface area (Å²) in [6.07, 6.45) is 0.901. The van der Waals surface area contributed by atoms with Gasteiger partial charge in [0.2, 0.25) is 5.91 Å². The standard InChI is InChI=1S/C15H24N2O3/c1-9-5-6-17(8-13(9)18)14(19)7-10(2)15-11(3)16-20-12(15)4/h9-10,13,18H,5-8H2,1-4H3. The van der Waals surface area contributed by atoms with E-state index in [2.05, 4.69) is 5.16 Å². The molecule has 1 saturated heterocycles. The number of nitrogens with zero attached hydrogens (tertiary/aromatic N) is 2. The van der Waals surface area contributed by atoms with Gasteiger partial charge in [-0.2, -0.15) is 0 Å². The molecule has 1 aromatic heterocycles. The highest BCUT2D eigenvalue weighted by atomic mass is 16.5. The Bertz CT molecular complexity index is 464. The summed E-state index contributed by atoms with van der Waals surface area (Å²) in [4.78, 5) is 14.1. The van der Waals surface area contributed by atoms with Crippen molar-refractivity contribution in [3.8, 4) is 0 Å². The minimum Gasteiger partial charge on any atom is -0.391 e. The van der Waals surface area contributed by atoms with Gasteiger partial charge in [0.15, 0.2) is 0 Å². The first-order valence-corrected chi connectivity index (χ1v) is 7.28. The van der Waals surface area contributed by atoms with Crippen molar-refractivity contribution in [1.29, 1.82) is 0 Å².